The summed E-state index contributed by atoms with van der Waals surface area (Å²) in [6.07, 6.45) is 4.22. The van der Waals surface area contributed by atoms with Crippen molar-refractivity contribution in [3.8, 4) is 0 Å². The molecule has 0 bridgehead atoms. The summed E-state index contributed by atoms with van der Waals surface area (Å²) in [5.74, 6) is -0.192. The molecule has 0 radical (unpaired) electrons. The van der Waals surface area contributed by atoms with Crippen LogP contribution in [0.1, 0.15) is 44.0 Å². The van der Waals surface area contributed by atoms with Crippen LogP contribution in [0.3, 0.4) is 0 Å². The number of nitrogens with one attached hydrogen (secondary N) is 1. The molecule has 1 aromatic carbocycles. The molecule has 0 fully saturated rings. The molecule has 2 rings (SSSR count). The zero-order chi connectivity index (χ0) is 14.4. The highest BCUT2D eigenvalue weighted by molar-refractivity contribution is 5.16. The summed E-state index contributed by atoms with van der Waals surface area (Å²) < 4.78 is 15.1. The van der Waals surface area contributed by atoms with Crippen LogP contribution in [0.5, 0.6) is 0 Å². The minimum atomic E-state index is -0.192. The van der Waals surface area contributed by atoms with Crippen LogP contribution in [0.4, 0.5) is 4.39 Å². The monoisotopic (exact) mass is 275 g/mol. The second-order valence-corrected chi connectivity index (χ2v) is 4.99. The maximum atomic E-state index is 13.0. The highest BCUT2D eigenvalue weighted by atomic mass is 19.1. The van der Waals surface area contributed by atoms with Crippen molar-refractivity contribution in [2.24, 2.45) is 0 Å². The first-order chi connectivity index (χ1) is 9.72. The second kappa shape index (κ2) is 7.20. The third kappa shape index (κ3) is 3.90. The van der Waals surface area contributed by atoms with Gasteiger partial charge in [-0.25, -0.2) is 4.39 Å². The predicted octanol–water partition coefficient (Wildman–Crippen LogP) is 3.67. The van der Waals surface area contributed by atoms with Gasteiger partial charge in [-0.1, -0.05) is 26.0 Å². The molecule has 1 aromatic heterocycles. The molecule has 1 N–H and O–H groups in total. The van der Waals surface area contributed by atoms with Crippen LogP contribution in [-0.4, -0.2) is 9.78 Å². The second-order valence-electron chi connectivity index (χ2n) is 4.99. The Hall–Kier alpha value is -1.68. The van der Waals surface area contributed by atoms with E-state index in [0.29, 0.717) is 19.1 Å². The van der Waals surface area contributed by atoms with Crippen molar-refractivity contribution in [3.05, 3.63) is 53.6 Å². The van der Waals surface area contributed by atoms with Crippen molar-refractivity contribution >= 4 is 0 Å². The molecular weight excluding hydrogens is 253 g/mol. The summed E-state index contributed by atoms with van der Waals surface area (Å²) in [5, 5.41) is 7.87. The van der Waals surface area contributed by atoms with E-state index in [1.807, 2.05) is 23.0 Å². The van der Waals surface area contributed by atoms with Crippen LogP contribution in [0.25, 0.3) is 0 Å². The van der Waals surface area contributed by atoms with Crippen LogP contribution in [-0.2, 0) is 13.1 Å². The van der Waals surface area contributed by atoms with Crippen molar-refractivity contribution in [2.75, 3.05) is 0 Å². The summed E-state index contributed by atoms with van der Waals surface area (Å²) in [4.78, 5) is 0. The van der Waals surface area contributed by atoms with E-state index in [2.05, 4.69) is 24.3 Å². The fourth-order valence-electron chi connectivity index (χ4n) is 2.32. The van der Waals surface area contributed by atoms with E-state index in [9.17, 15) is 4.39 Å². The number of rotatable bonds is 7. The summed E-state index contributed by atoms with van der Waals surface area (Å²) in [7, 11) is 0. The Balaban J connectivity index is 1.85. The van der Waals surface area contributed by atoms with Crippen LogP contribution in [0, 0.1) is 5.82 Å². The number of halogens is 1. The molecule has 4 heteroatoms. The molecule has 108 valence electrons. The first kappa shape index (κ1) is 14.7. The molecule has 2 aromatic rings. The predicted molar refractivity (Wildman–Crippen MR) is 78.8 cm³/mol. The highest BCUT2D eigenvalue weighted by Crippen LogP contribution is 2.14. The first-order valence-electron chi connectivity index (χ1n) is 7.22. The van der Waals surface area contributed by atoms with Crippen LogP contribution < -0.4 is 5.32 Å². The van der Waals surface area contributed by atoms with Crippen molar-refractivity contribution in [1.29, 1.82) is 0 Å². The molecule has 0 saturated carbocycles. The molecule has 0 atom stereocenters. The van der Waals surface area contributed by atoms with E-state index < -0.39 is 0 Å². The molecule has 0 aliphatic carbocycles. The number of aromatic nitrogens is 2. The Morgan fingerprint density at radius 3 is 2.70 bits per heavy atom. The largest absolute Gasteiger partial charge is 0.307 e. The van der Waals surface area contributed by atoms with E-state index in [-0.39, 0.29) is 5.82 Å². The molecule has 0 aliphatic heterocycles. The minimum absolute atomic E-state index is 0.192. The summed E-state index contributed by atoms with van der Waals surface area (Å²) in [6.45, 7) is 5.70. The summed E-state index contributed by atoms with van der Waals surface area (Å²) in [5.41, 5.74) is 1.97. The number of benzene rings is 1. The van der Waals surface area contributed by atoms with Gasteiger partial charge in [0.1, 0.15) is 5.82 Å². The van der Waals surface area contributed by atoms with Gasteiger partial charge in [0, 0.05) is 19.3 Å². The smallest absolute Gasteiger partial charge is 0.123 e. The summed E-state index contributed by atoms with van der Waals surface area (Å²) >= 11 is 0. The van der Waals surface area contributed by atoms with Crippen molar-refractivity contribution in [3.63, 3.8) is 0 Å². The average molecular weight is 275 g/mol. The number of nitrogens with zero attached hydrogens (tertiary/aromatic N) is 2. The van der Waals surface area contributed by atoms with Gasteiger partial charge in [-0.3, -0.25) is 4.68 Å². The SMILES string of the molecule is CCC(CC)n1ccc(CNCc2cccc(F)c2)n1. The van der Waals surface area contributed by atoms with Crippen molar-refractivity contribution in [1.82, 2.24) is 15.1 Å². The van der Waals surface area contributed by atoms with Gasteiger partial charge in [0.2, 0.25) is 0 Å². The lowest BCUT2D eigenvalue weighted by molar-refractivity contribution is 0.424. The zero-order valence-corrected chi connectivity index (χ0v) is 12.1. The van der Waals surface area contributed by atoms with Gasteiger partial charge in [-0.15, -0.1) is 0 Å². The third-order valence-electron chi connectivity index (χ3n) is 3.50. The average Bonchev–Trinajstić information content (AvgIpc) is 2.89. The fraction of sp³-hybridized carbons (Fsp3) is 0.438. The standard InChI is InChI=1S/C16H22FN3/c1-3-16(4-2)20-9-8-15(19-20)12-18-11-13-6-5-7-14(17)10-13/h5-10,16,18H,3-4,11-12H2,1-2H3. The van der Waals surface area contributed by atoms with Gasteiger partial charge in [-0.2, -0.15) is 5.10 Å². The number of hydrogen-bond donors (Lipinski definition) is 1. The van der Waals surface area contributed by atoms with Crippen LogP contribution in [0.15, 0.2) is 36.5 Å². The van der Waals surface area contributed by atoms with Gasteiger partial charge in [0.25, 0.3) is 0 Å². The molecule has 0 saturated heterocycles. The van der Waals surface area contributed by atoms with Gasteiger partial charge < -0.3 is 5.32 Å². The maximum absolute atomic E-state index is 13.0. The van der Waals surface area contributed by atoms with Gasteiger partial charge in [0.05, 0.1) is 11.7 Å². The molecule has 3 nitrogen and oxygen atoms in total. The van der Waals surface area contributed by atoms with Gasteiger partial charge in [-0.05, 0) is 36.6 Å². The van der Waals surface area contributed by atoms with E-state index in [0.717, 1.165) is 24.1 Å². The lowest BCUT2D eigenvalue weighted by Gasteiger charge is -2.12. The van der Waals surface area contributed by atoms with E-state index in [1.165, 1.54) is 6.07 Å². The highest BCUT2D eigenvalue weighted by Gasteiger charge is 2.07. The molecular formula is C16H22FN3. The van der Waals surface area contributed by atoms with Crippen LogP contribution in [0.2, 0.25) is 0 Å². The minimum Gasteiger partial charge on any atom is -0.307 e. The van der Waals surface area contributed by atoms with E-state index >= 15 is 0 Å². The Morgan fingerprint density at radius 1 is 1.20 bits per heavy atom. The number of hydrogen-bond acceptors (Lipinski definition) is 2. The van der Waals surface area contributed by atoms with Gasteiger partial charge >= 0.3 is 0 Å². The Morgan fingerprint density at radius 2 is 2.00 bits per heavy atom. The van der Waals surface area contributed by atoms with E-state index in [4.69, 9.17) is 0 Å². The Bertz CT molecular complexity index is 532. The molecule has 0 amide bonds. The lowest BCUT2D eigenvalue weighted by Crippen LogP contribution is -2.14. The Labute approximate surface area is 119 Å². The first-order valence-corrected chi connectivity index (χ1v) is 7.22. The quantitative estimate of drug-likeness (QED) is 0.835. The van der Waals surface area contributed by atoms with Crippen molar-refractivity contribution in [2.45, 2.75) is 45.8 Å². The zero-order valence-electron chi connectivity index (χ0n) is 12.1. The maximum Gasteiger partial charge on any atom is 0.123 e. The molecule has 1 heterocycles. The lowest BCUT2D eigenvalue weighted by atomic mass is 10.2. The fourth-order valence-corrected chi connectivity index (χ4v) is 2.32. The van der Waals surface area contributed by atoms with Gasteiger partial charge in [0.15, 0.2) is 0 Å². The topological polar surface area (TPSA) is 29.9 Å². The third-order valence-corrected chi connectivity index (χ3v) is 3.50. The molecule has 0 aliphatic rings. The summed E-state index contributed by atoms with van der Waals surface area (Å²) in [6, 6.07) is 9.17. The Kier molecular flexibility index (Phi) is 5.30. The molecule has 0 unspecified atom stereocenters. The van der Waals surface area contributed by atoms with Crippen molar-refractivity contribution < 1.29 is 4.39 Å². The molecule has 20 heavy (non-hydrogen) atoms. The molecule has 0 spiro atoms. The van der Waals surface area contributed by atoms with E-state index in [1.54, 1.807) is 12.1 Å². The van der Waals surface area contributed by atoms with Crippen LogP contribution >= 0.6 is 0 Å². The normalized spacial score (nSPS) is 11.2.